The Balaban J connectivity index is 1.56. The highest BCUT2D eigenvalue weighted by Crippen LogP contribution is 2.20. The lowest BCUT2D eigenvalue weighted by Crippen LogP contribution is -2.35. The normalized spacial score (nSPS) is 12.3. The largest absolute Gasteiger partial charge is 0.345 e. The summed E-state index contributed by atoms with van der Waals surface area (Å²) in [6.45, 7) is -0.214. The van der Waals surface area contributed by atoms with Crippen molar-refractivity contribution >= 4 is 39.6 Å². The molecule has 0 aliphatic heterocycles. The van der Waals surface area contributed by atoms with Gasteiger partial charge in [0.1, 0.15) is 18.2 Å². The molecular weight excluding hydrogens is 405 g/mol. The summed E-state index contributed by atoms with van der Waals surface area (Å²) < 4.78 is 14.7. The standard InChI is InChI=1S/C21H20FN5O2S/c1-30-9-8-18(20-25-16-4-2-3-5-17(16)26-20)24-19(28)11-27-12-23-15-7-6-13(22)10-14(15)21(27)29/h2-7,10,12,18H,8-9,11H2,1H3,(H,24,28)(H,25,26). The summed E-state index contributed by atoms with van der Waals surface area (Å²) in [7, 11) is 0. The molecule has 0 radical (unpaired) electrons. The van der Waals surface area contributed by atoms with E-state index in [0.717, 1.165) is 22.9 Å². The monoisotopic (exact) mass is 425 g/mol. The van der Waals surface area contributed by atoms with Crippen molar-refractivity contribution in [1.82, 2.24) is 24.8 Å². The molecule has 4 aromatic rings. The quantitative estimate of drug-likeness (QED) is 0.475. The van der Waals surface area contributed by atoms with Crippen molar-refractivity contribution in [2.45, 2.75) is 19.0 Å². The number of aromatic nitrogens is 4. The molecule has 0 aliphatic rings. The predicted octanol–water partition coefficient (Wildman–Crippen LogP) is 3.02. The van der Waals surface area contributed by atoms with Crippen LogP contribution in [0.5, 0.6) is 0 Å². The first-order valence-electron chi connectivity index (χ1n) is 9.43. The lowest BCUT2D eigenvalue weighted by atomic mass is 10.2. The highest BCUT2D eigenvalue weighted by atomic mass is 32.2. The van der Waals surface area contributed by atoms with Crippen molar-refractivity contribution in [1.29, 1.82) is 0 Å². The molecule has 0 spiro atoms. The molecule has 9 heteroatoms. The first-order valence-corrected chi connectivity index (χ1v) is 10.8. The molecule has 0 saturated carbocycles. The van der Waals surface area contributed by atoms with Crippen LogP contribution in [0.25, 0.3) is 21.9 Å². The summed E-state index contributed by atoms with van der Waals surface area (Å²) >= 11 is 1.67. The summed E-state index contributed by atoms with van der Waals surface area (Å²) in [6.07, 6.45) is 3.99. The molecular formula is C21H20FN5O2S. The van der Waals surface area contributed by atoms with Crippen molar-refractivity contribution in [2.24, 2.45) is 0 Å². The Hall–Kier alpha value is -3.20. The number of fused-ring (bicyclic) bond motifs is 2. The second-order valence-corrected chi connectivity index (χ2v) is 7.87. The number of nitrogens with one attached hydrogen (secondary N) is 2. The van der Waals surface area contributed by atoms with Crippen molar-refractivity contribution in [3.05, 3.63) is 70.8 Å². The molecule has 7 nitrogen and oxygen atoms in total. The average Bonchev–Trinajstić information content (AvgIpc) is 3.17. The van der Waals surface area contributed by atoms with Crippen LogP contribution in [0.2, 0.25) is 0 Å². The molecule has 0 fully saturated rings. The molecule has 1 atom stereocenters. The highest BCUT2D eigenvalue weighted by molar-refractivity contribution is 7.98. The predicted molar refractivity (Wildman–Crippen MR) is 116 cm³/mol. The first-order chi connectivity index (χ1) is 14.5. The number of amides is 1. The minimum Gasteiger partial charge on any atom is -0.345 e. The summed E-state index contributed by atoms with van der Waals surface area (Å²) in [4.78, 5) is 37.3. The SMILES string of the molecule is CSCCC(NC(=O)Cn1cnc2ccc(F)cc2c1=O)c1nc2ccccc2[nH]1. The third kappa shape index (κ3) is 4.20. The topological polar surface area (TPSA) is 92.7 Å². The van der Waals surface area contributed by atoms with Crippen LogP contribution in [0.3, 0.4) is 0 Å². The van der Waals surface area contributed by atoms with Gasteiger partial charge in [-0.1, -0.05) is 12.1 Å². The molecule has 2 heterocycles. The van der Waals surface area contributed by atoms with Gasteiger partial charge in [-0.2, -0.15) is 11.8 Å². The zero-order chi connectivity index (χ0) is 21.1. The van der Waals surface area contributed by atoms with Crippen molar-refractivity contribution in [3.63, 3.8) is 0 Å². The van der Waals surface area contributed by atoms with Gasteiger partial charge in [0.2, 0.25) is 5.91 Å². The molecule has 0 saturated heterocycles. The summed E-state index contributed by atoms with van der Waals surface area (Å²) in [5.41, 5.74) is 1.65. The summed E-state index contributed by atoms with van der Waals surface area (Å²) in [6, 6.07) is 11.2. The number of aromatic amines is 1. The van der Waals surface area contributed by atoms with E-state index in [4.69, 9.17) is 0 Å². The third-order valence-electron chi connectivity index (χ3n) is 4.78. The fraction of sp³-hybridized carbons (Fsp3) is 0.238. The van der Waals surface area contributed by atoms with Crippen LogP contribution in [-0.4, -0.2) is 37.4 Å². The minimum absolute atomic E-state index is 0.140. The maximum absolute atomic E-state index is 13.5. The highest BCUT2D eigenvalue weighted by Gasteiger charge is 2.19. The Bertz CT molecular complexity index is 1240. The van der Waals surface area contributed by atoms with Gasteiger partial charge in [-0.25, -0.2) is 14.4 Å². The Morgan fingerprint density at radius 3 is 2.90 bits per heavy atom. The number of carbonyl (C=O) groups excluding carboxylic acids is 1. The number of imidazole rings is 1. The number of nitrogens with zero attached hydrogens (tertiary/aromatic N) is 3. The van der Waals surface area contributed by atoms with Gasteiger partial charge in [0.05, 0.1) is 34.3 Å². The zero-order valence-corrected chi connectivity index (χ0v) is 17.1. The van der Waals surface area contributed by atoms with Gasteiger partial charge < -0.3 is 10.3 Å². The Morgan fingerprint density at radius 2 is 2.10 bits per heavy atom. The van der Waals surface area contributed by atoms with Gasteiger partial charge in [0.15, 0.2) is 0 Å². The summed E-state index contributed by atoms with van der Waals surface area (Å²) in [5, 5.41) is 3.10. The Kier molecular flexibility index (Phi) is 5.80. The van der Waals surface area contributed by atoms with Crippen molar-refractivity contribution in [2.75, 3.05) is 12.0 Å². The Labute approximate surface area is 175 Å². The number of carbonyl (C=O) groups is 1. The van der Waals surface area contributed by atoms with E-state index in [1.165, 1.54) is 23.0 Å². The maximum atomic E-state index is 13.5. The number of thioether (sulfide) groups is 1. The van der Waals surface area contributed by atoms with Gasteiger partial charge in [-0.15, -0.1) is 0 Å². The van der Waals surface area contributed by atoms with Crippen LogP contribution in [0.1, 0.15) is 18.3 Å². The van der Waals surface area contributed by atoms with Crippen LogP contribution in [-0.2, 0) is 11.3 Å². The lowest BCUT2D eigenvalue weighted by Gasteiger charge is -2.17. The number of H-pyrrole nitrogens is 1. The average molecular weight is 425 g/mol. The molecule has 0 bridgehead atoms. The molecule has 2 N–H and O–H groups in total. The zero-order valence-electron chi connectivity index (χ0n) is 16.3. The van der Waals surface area contributed by atoms with Gasteiger partial charge in [-0.3, -0.25) is 14.2 Å². The molecule has 4 rings (SSSR count). The van der Waals surface area contributed by atoms with Crippen molar-refractivity contribution < 1.29 is 9.18 Å². The van der Waals surface area contributed by atoms with Gasteiger partial charge in [0.25, 0.3) is 5.56 Å². The number of rotatable bonds is 7. The van der Waals surface area contributed by atoms with E-state index in [2.05, 4.69) is 20.3 Å². The van der Waals surface area contributed by atoms with E-state index in [9.17, 15) is 14.0 Å². The van der Waals surface area contributed by atoms with Gasteiger partial charge >= 0.3 is 0 Å². The minimum atomic E-state index is -0.523. The molecule has 1 amide bonds. The van der Waals surface area contributed by atoms with Crippen LogP contribution >= 0.6 is 11.8 Å². The number of para-hydroxylation sites is 2. The van der Waals surface area contributed by atoms with E-state index in [-0.39, 0.29) is 23.9 Å². The van der Waals surface area contributed by atoms with Crippen LogP contribution in [0.15, 0.2) is 53.6 Å². The molecule has 1 unspecified atom stereocenters. The fourth-order valence-corrected chi connectivity index (χ4v) is 3.76. The number of hydrogen-bond acceptors (Lipinski definition) is 5. The van der Waals surface area contributed by atoms with E-state index >= 15 is 0 Å². The van der Waals surface area contributed by atoms with Crippen LogP contribution in [0.4, 0.5) is 4.39 Å². The van der Waals surface area contributed by atoms with Gasteiger partial charge in [-0.05, 0) is 48.8 Å². The molecule has 154 valence electrons. The van der Waals surface area contributed by atoms with E-state index < -0.39 is 11.4 Å². The van der Waals surface area contributed by atoms with Gasteiger partial charge in [0, 0.05) is 0 Å². The van der Waals surface area contributed by atoms with Crippen LogP contribution in [0, 0.1) is 5.82 Å². The number of hydrogen-bond donors (Lipinski definition) is 2. The van der Waals surface area contributed by atoms with E-state index in [1.54, 1.807) is 11.8 Å². The lowest BCUT2D eigenvalue weighted by molar-refractivity contribution is -0.122. The van der Waals surface area contributed by atoms with E-state index in [0.29, 0.717) is 17.8 Å². The number of benzene rings is 2. The maximum Gasteiger partial charge on any atom is 0.261 e. The van der Waals surface area contributed by atoms with Crippen LogP contribution < -0.4 is 10.9 Å². The number of halogens is 1. The first kappa shape index (κ1) is 20.1. The molecule has 2 aromatic heterocycles. The van der Waals surface area contributed by atoms with E-state index in [1.807, 2.05) is 30.5 Å². The molecule has 30 heavy (non-hydrogen) atoms. The van der Waals surface area contributed by atoms with Crippen molar-refractivity contribution in [3.8, 4) is 0 Å². The Morgan fingerprint density at radius 1 is 1.27 bits per heavy atom. The second-order valence-electron chi connectivity index (χ2n) is 6.88. The summed E-state index contributed by atoms with van der Waals surface area (Å²) in [5.74, 6) is 0.634. The second kappa shape index (κ2) is 8.66. The smallest absolute Gasteiger partial charge is 0.261 e. The molecule has 2 aromatic carbocycles. The third-order valence-corrected chi connectivity index (χ3v) is 5.43. The molecule has 0 aliphatic carbocycles. The fourth-order valence-electron chi connectivity index (χ4n) is 3.29.